The van der Waals surface area contributed by atoms with Crippen molar-refractivity contribution in [3.05, 3.63) is 122 Å². The Morgan fingerprint density at radius 2 is 0.909 bits per heavy atom. The summed E-state index contributed by atoms with van der Waals surface area (Å²) < 4.78 is 22.7. The summed E-state index contributed by atoms with van der Waals surface area (Å²) in [6.07, 6.45) is 51.0. The number of ether oxygens (including phenoxy) is 4. The second-order valence-electron chi connectivity index (χ2n) is 20.0. The van der Waals surface area contributed by atoms with Crippen molar-refractivity contribution in [2.45, 2.75) is 248 Å². The number of carbonyl (C=O) groups excluding carboxylic acids is 1. The predicted octanol–water partition coefficient (Wildman–Crippen LogP) is 9.83. The molecule has 2 aliphatic rings. The fourth-order valence-electron chi connectivity index (χ4n) is 8.64. The molecule has 0 saturated carbocycles. The van der Waals surface area contributed by atoms with Gasteiger partial charge >= 0.3 is 0 Å². The molecule has 2 saturated heterocycles. The van der Waals surface area contributed by atoms with E-state index in [9.17, 15) is 45.6 Å². The Labute approximate surface area is 463 Å². The Morgan fingerprint density at radius 1 is 0.481 bits per heavy atom. The van der Waals surface area contributed by atoms with Gasteiger partial charge in [-0.1, -0.05) is 193 Å². The number of nitrogens with one attached hydrogen (secondary N) is 1. The monoisotopic (exact) mass is 1080 g/mol. The van der Waals surface area contributed by atoms with Crippen molar-refractivity contribution in [3.8, 4) is 0 Å². The maximum atomic E-state index is 13.2. The third-order valence-electron chi connectivity index (χ3n) is 13.4. The van der Waals surface area contributed by atoms with Gasteiger partial charge in [-0.3, -0.25) is 4.79 Å². The van der Waals surface area contributed by atoms with Crippen LogP contribution in [-0.4, -0.2) is 140 Å². The molecule has 14 nitrogen and oxygen atoms in total. The van der Waals surface area contributed by atoms with Crippen molar-refractivity contribution < 1.29 is 64.6 Å². The number of allylic oxidation sites excluding steroid dienone is 19. The molecule has 0 spiro atoms. The maximum Gasteiger partial charge on any atom is 0.220 e. The van der Waals surface area contributed by atoms with Crippen LogP contribution in [0.1, 0.15) is 174 Å². The summed E-state index contributed by atoms with van der Waals surface area (Å²) in [5.41, 5.74) is 0. The molecular formula is C63H103NO13. The summed E-state index contributed by atoms with van der Waals surface area (Å²) in [6, 6.07) is -0.949. The molecule has 2 aliphatic heterocycles. The predicted molar refractivity (Wildman–Crippen MR) is 308 cm³/mol. The highest BCUT2D eigenvalue weighted by molar-refractivity contribution is 5.76. The van der Waals surface area contributed by atoms with Crippen LogP contribution in [0.5, 0.6) is 0 Å². The number of hydrogen-bond acceptors (Lipinski definition) is 13. The first-order valence-corrected chi connectivity index (χ1v) is 29.3. The summed E-state index contributed by atoms with van der Waals surface area (Å²) in [5, 5.41) is 86.9. The maximum absolute atomic E-state index is 13.2. The molecule has 12 atom stereocenters. The van der Waals surface area contributed by atoms with Crippen LogP contribution < -0.4 is 5.32 Å². The van der Waals surface area contributed by atoms with Crippen molar-refractivity contribution >= 4 is 5.91 Å². The van der Waals surface area contributed by atoms with Gasteiger partial charge in [0.25, 0.3) is 0 Å². The topological polar surface area (TPSA) is 228 Å². The molecule has 2 heterocycles. The van der Waals surface area contributed by atoms with Gasteiger partial charge < -0.3 is 65.1 Å². The fourth-order valence-corrected chi connectivity index (χ4v) is 8.64. The van der Waals surface area contributed by atoms with E-state index in [1.807, 2.05) is 6.08 Å². The first-order valence-electron chi connectivity index (χ1n) is 29.3. The summed E-state index contributed by atoms with van der Waals surface area (Å²) in [5.74, 6) is -0.268. The van der Waals surface area contributed by atoms with Crippen molar-refractivity contribution in [2.75, 3.05) is 19.8 Å². The lowest BCUT2D eigenvalue weighted by molar-refractivity contribution is -0.359. The van der Waals surface area contributed by atoms with E-state index in [2.05, 4.69) is 129 Å². The molecule has 1 amide bonds. The van der Waals surface area contributed by atoms with E-state index < -0.39 is 86.8 Å². The second kappa shape index (κ2) is 47.2. The van der Waals surface area contributed by atoms with Gasteiger partial charge in [-0.25, -0.2) is 0 Å². The van der Waals surface area contributed by atoms with Crippen LogP contribution in [0.4, 0.5) is 0 Å². The number of aliphatic hydroxyl groups excluding tert-OH is 8. The zero-order chi connectivity index (χ0) is 56.0. The Balaban J connectivity index is 1.71. The summed E-state index contributed by atoms with van der Waals surface area (Å²) in [6.45, 7) is 2.57. The summed E-state index contributed by atoms with van der Waals surface area (Å²) in [4.78, 5) is 13.2. The average molecular weight is 1080 g/mol. The van der Waals surface area contributed by atoms with E-state index in [-0.39, 0.29) is 18.9 Å². The zero-order valence-corrected chi connectivity index (χ0v) is 46.9. The molecule has 2 rings (SSSR count). The number of amides is 1. The molecule has 0 aliphatic carbocycles. The molecule has 12 unspecified atom stereocenters. The van der Waals surface area contributed by atoms with Gasteiger partial charge in [0.05, 0.1) is 32.0 Å². The SMILES string of the molecule is CC/C=C\C/C=C\C/C=C\C/C=C\C/C=C\C/C=C\C/C=C\CCCCCCCCCCCC(=O)NC(COC1OC(CO)C(OC2OC(CO)C(O)C(O)C2O)C(O)C1O)C(O)/C=C/CC/C=C/CC/C=C/CCCC. The smallest absolute Gasteiger partial charge is 0.220 e. The van der Waals surface area contributed by atoms with Gasteiger partial charge in [-0.2, -0.15) is 0 Å². The molecule has 2 fully saturated rings. The third-order valence-corrected chi connectivity index (χ3v) is 13.4. The van der Waals surface area contributed by atoms with Gasteiger partial charge in [-0.15, -0.1) is 0 Å². The van der Waals surface area contributed by atoms with E-state index in [0.29, 0.717) is 12.8 Å². The molecule has 0 aromatic heterocycles. The number of aliphatic hydroxyl groups is 8. The quantitative estimate of drug-likeness (QED) is 0.0205. The normalized spacial score (nSPS) is 25.6. The lowest BCUT2D eigenvalue weighted by Crippen LogP contribution is -2.65. The summed E-state index contributed by atoms with van der Waals surface area (Å²) >= 11 is 0. The number of rotatable bonds is 44. The van der Waals surface area contributed by atoms with Gasteiger partial charge in [0.2, 0.25) is 5.91 Å². The second-order valence-corrected chi connectivity index (χ2v) is 20.0. The van der Waals surface area contributed by atoms with E-state index in [0.717, 1.165) is 103 Å². The first-order chi connectivity index (χ1) is 37.6. The van der Waals surface area contributed by atoms with Crippen LogP contribution in [-0.2, 0) is 23.7 Å². The molecule has 77 heavy (non-hydrogen) atoms. The van der Waals surface area contributed by atoms with E-state index >= 15 is 0 Å². The fraction of sp³-hybridized carbons (Fsp3) is 0.667. The Morgan fingerprint density at radius 3 is 1.43 bits per heavy atom. The number of hydrogen-bond donors (Lipinski definition) is 9. The van der Waals surface area contributed by atoms with Crippen molar-refractivity contribution in [2.24, 2.45) is 0 Å². The lowest BCUT2D eigenvalue weighted by Gasteiger charge is -2.46. The number of unbranched alkanes of at least 4 members (excludes halogenated alkanes) is 13. The minimum absolute atomic E-state index is 0.254. The van der Waals surface area contributed by atoms with Crippen LogP contribution in [0.2, 0.25) is 0 Å². The van der Waals surface area contributed by atoms with Crippen molar-refractivity contribution in [3.63, 3.8) is 0 Å². The Hall–Kier alpha value is -3.61. The molecule has 0 aromatic rings. The van der Waals surface area contributed by atoms with Gasteiger partial charge in [-0.05, 0) is 96.3 Å². The van der Waals surface area contributed by atoms with Gasteiger partial charge in [0, 0.05) is 6.42 Å². The van der Waals surface area contributed by atoms with E-state index in [4.69, 9.17) is 18.9 Å². The van der Waals surface area contributed by atoms with Crippen LogP contribution in [0, 0.1) is 0 Å². The zero-order valence-electron chi connectivity index (χ0n) is 46.9. The Kier molecular flexibility index (Phi) is 42.6. The minimum atomic E-state index is -1.80. The highest BCUT2D eigenvalue weighted by atomic mass is 16.7. The van der Waals surface area contributed by atoms with Crippen molar-refractivity contribution in [1.82, 2.24) is 5.32 Å². The summed E-state index contributed by atoms with van der Waals surface area (Å²) in [7, 11) is 0. The molecule has 0 radical (unpaired) electrons. The van der Waals surface area contributed by atoms with Crippen molar-refractivity contribution in [1.29, 1.82) is 0 Å². The third kappa shape index (κ3) is 32.9. The van der Waals surface area contributed by atoms with Crippen LogP contribution in [0.15, 0.2) is 122 Å². The molecular weight excluding hydrogens is 979 g/mol. The molecule has 0 aromatic carbocycles. The average Bonchev–Trinajstić information content (AvgIpc) is 3.43. The van der Waals surface area contributed by atoms with Crippen LogP contribution in [0.3, 0.4) is 0 Å². The molecule has 438 valence electrons. The lowest BCUT2D eigenvalue weighted by atomic mass is 9.97. The van der Waals surface area contributed by atoms with Crippen LogP contribution in [0.25, 0.3) is 0 Å². The first kappa shape index (κ1) is 69.5. The molecule has 14 heteroatoms. The van der Waals surface area contributed by atoms with Gasteiger partial charge in [0.15, 0.2) is 12.6 Å². The highest BCUT2D eigenvalue weighted by Gasteiger charge is 2.51. The highest BCUT2D eigenvalue weighted by Crippen LogP contribution is 2.30. The standard InChI is InChI=1S/C63H103NO13/c1-3-5-7-9-11-13-15-17-18-19-20-21-22-23-24-25-26-27-28-29-30-31-32-33-34-35-37-39-41-43-45-47-55(68)64-51(52(67)46-44-42-40-38-36-16-14-12-10-8-6-4-2)50-74-62-60(73)58(71)61(54(49-66)76-62)77-63-59(72)57(70)56(69)53(48-65)75-63/h5,7,10-13,17-18,20-21,23-24,26-27,29-30,36,38,44,46,51-54,56-63,65-67,69-73H,3-4,6,8-9,14-16,19,22,25,28,31-35,37,39-43,45,47-50H2,1-2H3,(H,64,68)/b7-5-,12-10+,13-11-,18-17-,21-20-,24-23-,27-26-,30-29-,38-36+,46-44+. The molecule has 0 bridgehead atoms. The van der Waals surface area contributed by atoms with E-state index in [1.165, 1.54) is 38.5 Å². The molecule has 9 N–H and O–H groups in total. The Bertz CT molecular complexity index is 1750. The van der Waals surface area contributed by atoms with Crippen LogP contribution >= 0.6 is 0 Å². The number of carbonyl (C=O) groups is 1. The largest absolute Gasteiger partial charge is 0.394 e. The van der Waals surface area contributed by atoms with E-state index in [1.54, 1.807) is 6.08 Å². The minimum Gasteiger partial charge on any atom is -0.394 e. The van der Waals surface area contributed by atoms with Gasteiger partial charge in [0.1, 0.15) is 48.8 Å².